The zero-order valence-electron chi connectivity index (χ0n) is 35.2. The molecular formula is C54H50N3O5P. The number of rotatable bonds is 18. The Balaban J connectivity index is 1.33. The molecule has 1 N–H and O–H groups in total. The predicted octanol–water partition coefficient (Wildman–Crippen LogP) is 10.0. The summed E-state index contributed by atoms with van der Waals surface area (Å²) in [4.78, 5) is 38.3. The highest BCUT2D eigenvalue weighted by atomic mass is 31.1. The molecule has 63 heavy (non-hydrogen) atoms. The Morgan fingerprint density at radius 1 is 0.714 bits per heavy atom. The van der Waals surface area contributed by atoms with Crippen LogP contribution >= 0.6 is 7.77 Å². The molecule has 0 fully saturated rings. The molecule has 7 aromatic rings. The summed E-state index contributed by atoms with van der Waals surface area (Å²) in [5.74, 6) is 1.78. The average Bonchev–Trinajstić information content (AvgIpc) is 3.34. The van der Waals surface area contributed by atoms with Gasteiger partial charge in [0.1, 0.15) is 17.3 Å². The second-order valence-corrected chi connectivity index (χ2v) is 16.9. The lowest BCUT2D eigenvalue weighted by Crippen LogP contribution is -2.56. The molecule has 1 heterocycles. The van der Waals surface area contributed by atoms with E-state index in [9.17, 15) is 9.69 Å². The first-order chi connectivity index (χ1) is 31.0. The summed E-state index contributed by atoms with van der Waals surface area (Å²) in [6, 6.07) is 62.4. The zero-order chi connectivity index (χ0) is 43.4. The Hall–Kier alpha value is -6.51. The van der Waals surface area contributed by atoms with E-state index < -0.39 is 36.1 Å². The molecule has 1 aliphatic rings. The van der Waals surface area contributed by atoms with Gasteiger partial charge in [0.2, 0.25) is 5.98 Å². The summed E-state index contributed by atoms with van der Waals surface area (Å²) in [5.41, 5.74) is 4.61. The van der Waals surface area contributed by atoms with Crippen LogP contribution in [0.1, 0.15) is 46.2 Å². The van der Waals surface area contributed by atoms with Crippen LogP contribution in [-0.4, -0.2) is 35.4 Å². The molecule has 6 aromatic carbocycles. The first kappa shape index (κ1) is 43.2. The highest BCUT2D eigenvalue weighted by Gasteiger charge is 2.55. The van der Waals surface area contributed by atoms with Crippen LogP contribution in [0.15, 0.2) is 223 Å². The Bertz CT molecular complexity index is 2540. The third-order valence-corrected chi connectivity index (χ3v) is 12.8. The molecule has 0 bridgehead atoms. The smallest absolute Gasteiger partial charge is 0.350 e. The molecule has 316 valence electrons. The van der Waals surface area contributed by atoms with Crippen LogP contribution in [0.3, 0.4) is 0 Å². The zero-order valence-corrected chi connectivity index (χ0v) is 36.0. The van der Waals surface area contributed by atoms with Gasteiger partial charge in [-0.25, -0.2) is 10.3 Å². The van der Waals surface area contributed by atoms with E-state index in [0.717, 1.165) is 33.4 Å². The van der Waals surface area contributed by atoms with E-state index in [1.54, 1.807) is 16.8 Å². The van der Waals surface area contributed by atoms with Crippen LogP contribution in [0, 0.1) is 5.41 Å². The lowest BCUT2D eigenvalue weighted by atomic mass is 9.57. The molecule has 8 nitrogen and oxygen atoms in total. The van der Waals surface area contributed by atoms with E-state index in [1.165, 1.54) is 13.1 Å². The lowest BCUT2D eigenvalue weighted by molar-refractivity contribution is -0.154. The van der Waals surface area contributed by atoms with Gasteiger partial charge in [-0.3, -0.25) is 9.40 Å². The summed E-state index contributed by atoms with van der Waals surface area (Å²) in [6.07, 6.45) is 10.6. The fourth-order valence-corrected chi connectivity index (χ4v) is 10.1. The SMILES string of the molecule is CONc1ccn(C(c2ccccc2)(c2ccccc2)[C@@]2(CC(COC(c3ccccc3)(c3ccccc3)c3ccccc3)OC=[P+]([O-])Cc3ccccc3)C=CC=CC2)c(=O)n1. The van der Waals surface area contributed by atoms with Crippen molar-refractivity contribution in [3.63, 3.8) is 0 Å². The molecule has 3 atom stereocenters. The molecule has 1 aromatic heterocycles. The summed E-state index contributed by atoms with van der Waals surface area (Å²) in [6.45, 7) is 0.0759. The van der Waals surface area contributed by atoms with Crippen LogP contribution in [0.5, 0.6) is 0 Å². The van der Waals surface area contributed by atoms with Crippen LogP contribution in [-0.2, 0) is 31.6 Å². The topological polar surface area (TPSA) is 97.7 Å². The van der Waals surface area contributed by atoms with Crippen LogP contribution in [0.25, 0.3) is 0 Å². The van der Waals surface area contributed by atoms with Gasteiger partial charge in [0.05, 0.1) is 27.6 Å². The molecule has 0 saturated heterocycles. The van der Waals surface area contributed by atoms with Crippen molar-refractivity contribution < 1.29 is 19.2 Å². The maximum atomic E-state index is 14.7. The number of nitrogens with zero attached hydrogens (tertiary/aromatic N) is 2. The number of nitrogens with one attached hydrogen (secondary N) is 1. The molecule has 0 radical (unpaired) electrons. The van der Waals surface area contributed by atoms with E-state index >= 15 is 0 Å². The molecule has 0 amide bonds. The summed E-state index contributed by atoms with van der Waals surface area (Å²) < 4.78 is 16.1. The van der Waals surface area contributed by atoms with Gasteiger partial charge >= 0.3 is 5.69 Å². The minimum Gasteiger partial charge on any atom is -0.629 e. The van der Waals surface area contributed by atoms with Gasteiger partial charge in [-0.2, -0.15) is 4.98 Å². The van der Waals surface area contributed by atoms with Crippen LogP contribution in [0.2, 0.25) is 0 Å². The molecule has 0 saturated carbocycles. The first-order valence-corrected chi connectivity index (χ1v) is 22.6. The second-order valence-electron chi connectivity index (χ2n) is 15.6. The van der Waals surface area contributed by atoms with Gasteiger partial charge in [0.15, 0.2) is 5.82 Å². The van der Waals surface area contributed by atoms with E-state index in [-0.39, 0.29) is 12.4 Å². The molecule has 9 heteroatoms. The number of aromatic nitrogens is 2. The number of anilines is 1. The second kappa shape index (κ2) is 20.1. The summed E-state index contributed by atoms with van der Waals surface area (Å²) in [5, 5.41) is 0. The number of allylic oxidation sites excluding steroid dienone is 4. The third-order valence-electron chi connectivity index (χ3n) is 11.8. The van der Waals surface area contributed by atoms with E-state index in [4.69, 9.17) is 14.3 Å². The molecule has 0 spiro atoms. The average molecular weight is 852 g/mol. The maximum absolute atomic E-state index is 14.7. The molecule has 2 unspecified atom stereocenters. The fraction of sp³-hybridized carbons (Fsp3) is 0.167. The van der Waals surface area contributed by atoms with Crippen LogP contribution < -0.4 is 16.1 Å². The third kappa shape index (κ3) is 9.04. The van der Waals surface area contributed by atoms with Gasteiger partial charge in [-0.05, 0) is 52.3 Å². The largest absolute Gasteiger partial charge is 0.629 e. The van der Waals surface area contributed by atoms with Gasteiger partial charge in [0, 0.05) is 11.6 Å². The number of hydrogen-bond acceptors (Lipinski definition) is 7. The minimum atomic E-state index is -1.94. The van der Waals surface area contributed by atoms with Gasteiger partial charge < -0.3 is 14.4 Å². The first-order valence-electron chi connectivity index (χ1n) is 21.1. The van der Waals surface area contributed by atoms with Crippen molar-refractivity contribution in [1.29, 1.82) is 0 Å². The van der Waals surface area contributed by atoms with E-state index in [2.05, 4.69) is 83.3 Å². The Kier molecular flexibility index (Phi) is 13.8. The molecule has 0 aliphatic heterocycles. The molecular weight excluding hydrogens is 802 g/mol. The summed E-state index contributed by atoms with van der Waals surface area (Å²) in [7, 11) is -0.460. The van der Waals surface area contributed by atoms with Crippen LogP contribution in [0.4, 0.5) is 5.82 Å². The van der Waals surface area contributed by atoms with Crippen molar-refractivity contribution in [2.75, 3.05) is 19.2 Å². The van der Waals surface area contributed by atoms with Crippen molar-refractivity contribution in [1.82, 2.24) is 9.55 Å². The van der Waals surface area contributed by atoms with Crippen molar-refractivity contribution in [2.24, 2.45) is 5.41 Å². The van der Waals surface area contributed by atoms with Crippen molar-refractivity contribution in [3.05, 3.63) is 262 Å². The van der Waals surface area contributed by atoms with E-state index in [1.807, 2.05) is 133 Å². The van der Waals surface area contributed by atoms with E-state index in [0.29, 0.717) is 19.0 Å². The Morgan fingerprint density at radius 3 is 1.67 bits per heavy atom. The monoisotopic (exact) mass is 851 g/mol. The Morgan fingerprint density at radius 2 is 1.21 bits per heavy atom. The normalized spacial score (nSPS) is 15.8. The molecule has 8 rings (SSSR count). The van der Waals surface area contributed by atoms with Crippen molar-refractivity contribution in [3.8, 4) is 0 Å². The minimum absolute atomic E-state index is 0.0759. The standard InChI is InChI=1S/C54H50N3O5P/c1-60-56-50-35-38-57(51(58)55-50)54(47-31-17-6-18-32-47,48-33-19-7-20-34-48)52(36-21-8-22-37-52)39-49(61-42-63(59)41-43-23-9-2-10-24-43)40-62-53(44-25-11-3-12-26-44,45-27-13-4-14-28-45)46-29-15-5-16-30-46/h2-36,38,42,49H,37,39-41H2,1H3,(H,55,56,58)/t49?,52-/m0/s1. The highest BCUT2D eigenvalue weighted by Crippen LogP contribution is 2.55. The van der Waals surface area contributed by atoms with Gasteiger partial charge in [-0.15, -0.1) is 0 Å². The van der Waals surface area contributed by atoms with Crippen molar-refractivity contribution >= 4 is 19.6 Å². The number of ether oxygens (including phenoxy) is 2. The number of hydrogen-bond donors (Lipinski definition) is 1. The molecule has 1 aliphatic carbocycles. The fourth-order valence-electron chi connectivity index (χ4n) is 9.16. The maximum Gasteiger partial charge on any atom is 0.350 e. The van der Waals surface area contributed by atoms with Crippen molar-refractivity contribution in [2.45, 2.75) is 36.2 Å². The predicted molar refractivity (Wildman–Crippen MR) is 251 cm³/mol. The lowest BCUT2D eigenvalue weighted by Gasteiger charge is -2.52. The van der Waals surface area contributed by atoms with Gasteiger partial charge in [-0.1, -0.05) is 206 Å². The quantitative estimate of drug-likeness (QED) is 0.0522. The Labute approximate surface area is 370 Å². The number of benzene rings is 6. The highest BCUT2D eigenvalue weighted by molar-refractivity contribution is 7.48. The summed E-state index contributed by atoms with van der Waals surface area (Å²) >= 11 is 0. The van der Waals surface area contributed by atoms with Gasteiger partial charge in [0.25, 0.3) is 0 Å².